The predicted molar refractivity (Wildman–Crippen MR) is 109 cm³/mol. The number of alkyl halides is 5. The third-order valence-electron chi connectivity index (χ3n) is 5.81. The van der Waals surface area contributed by atoms with Crippen molar-refractivity contribution in [3.05, 3.63) is 58.9 Å². The number of aliphatic hydroxyl groups is 1. The van der Waals surface area contributed by atoms with Crippen molar-refractivity contribution in [2.45, 2.75) is 37.4 Å². The molecule has 0 spiro atoms. The first-order valence-electron chi connectivity index (χ1n) is 11.5. The largest absolute Gasteiger partial charge is 0.434 e. The van der Waals surface area contributed by atoms with E-state index in [9.17, 15) is 31.9 Å². The fourth-order valence-electron chi connectivity index (χ4n) is 4.42. The molecule has 5 rings (SSSR count). The molecular formula is C23H16F5N3O3. The summed E-state index contributed by atoms with van der Waals surface area (Å²) in [6, 6.07) is 6.18. The van der Waals surface area contributed by atoms with Gasteiger partial charge in [0.2, 0.25) is 6.10 Å². The summed E-state index contributed by atoms with van der Waals surface area (Å²) >= 11 is 0. The van der Waals surface area contributed by atoms with Crippen molar-refractivity contribution in [2.75, 3.05) is 6.98 Å². The van der Waals surface area contributed by atoms with E-state index < -0.39 is 43.9 Å². The second kappa shape index (κ2) is 7.70. The maximum atomic E-state index is 13.4. The van der Waals surface area contributed by atoms with Crippen LogP contribution in [0.1, 0.15) is 49.9 Å². The minimum Gasteiger partial charge on any atom is -0.434 e. The molecule has 1 N–H and O–H groups in total. The quantitative estimate of drug-likeness (QED) is 0.444. The summed E-state index contributed by atoms with van der Waals surface area (Å²) < 4.78 is 94.6. The number of ether oxygens (including phenoxy) is 1. The fraction of sp³-hybridized carbons (Fsp3) is 0.304. The van der Waals surface area contributed by atoms with Crippen LogP contribution in [0.4, 0.5) is 22.0 Å². The number of fused-ring (bicyclic) bond motifs is 9. The summed E-state index contributed by atoms with van der Waals surface area (Å²) in [4.78, 5) is 18.5. The van der Waals surface area contributed by atoms with Gasteiger partial charge >= 0.3 is 12.8 Å². The van der Waals surface area contributed by atoms with Crippen LogP contribution in [0.3, 0.4) is 0 Å². The van der Waals surface area contributed by atoms with Gasteiger partial charge < -0.3 is 19.3 Å². The zero-order valence-electron chi connectivity index (χ0n) is 20.0. The first kappa shape index (κ1) is 18.7. The lowest BCUT2D eigenvalue weighted by atomic mass is 9.97. The lowest BCUT2D eigenvalue weighted by Gasteiger charge is -2.24. The van der Waals surface area contributed by atoms with Gasteiger partial charge in [-0.15, -0.1) is 0 Å². The summed E-state index contributed by atoms with van der Waals surface area (Å²) in [6.45, 7) is -6.12. The van der Waals surface area contributed by atoms with Crippen LogP contribution >= 0.6 is 0 Å². The molecule has 3 atom stereocenters. The zero-order valence-corrected chi connectivity index (χ0v) is 17.0. The maximum Gasteiger partial charge on any atom is 0.425 e. The van der Waals surface area contributed by atoms with Crippen LogP contribution in [0.15, 0.2) is 36.4 Å². The molecule has 0 unspecified atom stereocenters. The highest BCUT2D eigenvalue weighted by molar-refractivity contribution is 5.97. The Labute approximate surface area is 193 Å². The number of imidazole rings is 1. The van der Waals surface area contributed by atoms with Gasteiger partial charge in [0.25, 0.3) is 5.91 Å². The number of carbonyl (C=O) groups excluding carboxylic acids is 1. The lowest BCUT2D eigenvalue weighted by Crippen LogP contribution is -2.30. The molecule has 0 fully saturated rings. The number of carbonyl (C=O) groups is 1. The van der Waals surface area contributed by atoms with Crippen molar-refractivity contribution in [3.63, 3.8) is 0 Å². The van der Waals surface area contributed by atoms with E-state index in [0.29, 0.717) is 15.9 Å². The van der Waals surface area contributed by atoms with Gasteiger partial charge in [-0.05, 0) is 30.3 Å². The lowest BCUT2D eigenvalue weighted by molar-refractivity contribution is -0.184. The van der Waals surface area contributed by atoms with Crippen LogP contribution in [-0.2, 0) is 0 Å². The summed E-state index contributed by atoms with van der Waals surface area (Å²) in [5, 5.41) is 9.19. The molecule has 3 heterocycles. The molecule has 2 bridgehead atoms. The van der Waals surface area contributed by atoms with Gasteiger partial charge in [-0.2, -0.15) is 22.0 Å². The first-order valence-corrected chi connectivity index (χ1v) is 9.97. The van der Waals surface area contributed by atoms with Crippen LogP contribution < -0.4 is 4.74 Å². The summed E-state index contributed by atoms with van der Waals surface area (Å²) in [7, 11) is 0. The molecule has 2 aromatic carbocycles. The van der Waals surface area contributed by atoms with Gasteiger partial charge in [0, 0.05) is 34.2 Å². The average molecular weight is 480 g/mol. The van der Waals surface area contributed by atoms with E-state index in [1.54, 1.807) is 10.5 Å². The number of aromatic nitrogens is 2. The molecule has 0 aliphatic carbocycles. The second-order valence-corrected chi connectivity index (χ2v) is 7.80. The smallest absolute Gasteiger partial charge is 0.425 e. The minimum absolute atomic E-state index is 0.0122. The Kier molecular flexibility index (Phi) is 4.24. The Morgan fingerprint density at radius 2 is 2.06 bits per heavy atom. The molecule has 2 aliphatic heterocycles. The molecule has 2 aliphatic rings. The van der Waals surface area contributed by atoms with Crippen molar-refractivity contribution in [1.82, 2.24) is 14.5 Å². The molecular weight excluding hydrogens is 461 g/mol. The number of halogens is 5. The topological polar surface area (TPSA) is 67.6 Å². The molecule has 0 saturated carbocycles. The van der Waals surface area contributed by atoms with E-state index in [2.05, 4.69) is 15.6 Å². The molecule has 3 aromatic rings. The van der Waals surface area contributed by atoms with Crippen molar-refractivity contribution in [1.29, 1.82) is 0 Å². The number of aliphatic hydroxyl groups excluding tert-OH is 1. The SMILES string of the molecule is [2H]C([2H])([2H])N1C(=O)c2cccc(OC(F)F)c2[C@H]2C[C@@H]1c1nc3ccc(C#C[C@@H](O)C(F)(F)F)cc3n12. The third-order valence-corrected chi connectivity index (χ3v) is 5.81. The van der Waals surface area contributed by atoms with E-state index in [-0.39, 0.29) is 34.7 Å². The monoisotopic (exact) mass is 480 g/mol. The van der Waals surface area contributed by atoms with Crippen molar-refractivity contribution < 1.29 is 40.7 Å². The van der Waals surface area contributed by atoms with Gasteiger partial charge in [-0.3, -0.25) is 4.79 Å². The molecule has 11 heteroatoms. The van der Waals surface area contributed by atoms with E-state index in [1.807, 2.05) is 0 Å². The molecule has 176 valence electrons. The Morgan fingerprint density at radius 3 is 2.76 bits per heavy atom. The van der Waals surface area contributed by atoms with Crippen LogP contribution in [0.5, 0.6) is 5.75 Å². The second-order valence-electron chi connectivity index (χ2n) is 7.80. The van der Waals surface area contributed by atoms with Gasteiger partial charge in [0.15, 0.2) is 0 Å². The highest BCUT2D eigenvalue weighted by atomic mass is 19.4. The number of nitrogens with zero attached hydrogens (tertiary/aromatic N) is 3. The van der Waals surface area contributed by atoms with Crippen molar-refractivity contribution >= 4 is 16.9 Å². The summed E-state index contributed by atoms with van der Waals surface area (Å²) in [5.74, 6) is 2.94. The van der Waals surface area contributed by atoms with Crippen molar-refractivity contribution in [3.8, 4) is 17.6 Å². The summed E-state index contributed by atoms with van der Waals surface area (Å²) in [5.41, 5.74) is 0.665. The molecule has 34 heavy (non-hydrogen) atoms. The highest BCUT2D eigenvalue weighted by Crippen LogP contribution is 2.49. The Hall–Kier alpha value is -3.65. The Balaban J connectivity index is 1.73. The normalized spacial score (nSPS) is 21.7. The average Bonchev–Trinajstić information content (AvgIpc) is 3.28. The highest BCUT2D eigenvalue weighted by Gasteiger charge is 2.45. The Morgan fingerprint density at radius 1 is 1.26 bits per heavy atom. The third kappa shape index (κ3) is 3.45. The van der Waals surface area contributed by atoms with E-state index >= 15 is 0 Å². The number of amides is 1. The number of rotatable bonds is 2. The first-order chi connectivity index (χ1) is 17.3. The predicted octanol–water partition coefficient (Wildman–Crippen LogP) is 4.03. The minimum atomic E-state index is -4.93. The van der Waals surface area contributed by atoms with Gasteiger partial charge in [0.05, 0.1) is 23.1 Å². The molecule has 0 radical (unpaired) electrons. The van der Waals surface area contributed by atoms with E-state index in [1.165, 1.54) is 36.4 Å². The van der Waals surface area contributed by atoms with Crippen LogP contribution in [-0.4, -0.2) is 51.3 Å². The van der Waals surface area contributed by atoms with Gasteiger partial charge in [0.1, 0.15) is 11.6 Å². The standard InChI is InChI=1S/C23H16F5N3O3/c1-30-16-10-15(19-12(21(30)33)3-2-4-17(19)34-22(24)25)31-14-9-11(5-7-13(14)29-20(16)31)6-8-18(32)23(26,27)28/h2-5,7,9,15-16,18,22,32H,10H2,1H3/t15-,16-,18-/m1/s1/i1D3. The van der Waals surface area contributed by atoms with Crippen LogP contribution in [0.2, 0.25) is 0 Å². The maximum absolute atomic E-state index is 13.4. The Bertz CT molecular complexity index is 1480. The zero-order chi connectivity index (χ0) is 26.9. The van der Waals surface area contributed by atoms with Crippen molar-refractivity contribution in [2.24, 2.45) is 0 Å². The molecule has 6 nitrogen and oxygen atoms in total. The number of hydrogen-bond donors (Lipinski definition) is 1. The molecule has 1 aromatic heterocycles. The molecule has 0 saturated heterocycles. The van der Waals surface area contributed by atoms with Gasteiger partial charge in [-0.1, -0.05) is 17.9 Å². The van der Waals surface area contributed by atoms with Crippen LogP contribution in [0, 0.1) is 11.8 Å². The molecule has 1 amide bonds. The van der Waals surface area contributed by atoms with E-state index in [4.69, 9.17) is 4.11 Å². The van der Waals surface area contributed by atoms with Gasteiger partial charge in [-0.25, -0.2) is 4.98 Å². The van der Waals surface area contributed by atoms with Crippen LogP contribution in [0.25, 0.3) is 11.0 Å². The number of hydrogen-bond acceptors (Lipinski definition) is 4. The summed E-state index contributed by atoms with van der Waals surface area (Å²) in [6.07, 6.45) is -7.80. The van der Waals surface area contributed by atoms with E-state index in [0.717, 1.165) is 0 Å². The number of benzene rings is 2. The fourth-order valence-corrected chi connectivity index (χ4v) is 4.42.